The van der Waals surface area contributed by atoms with E-state index in [0.717, 1.165) is 29.9 Å². The second-order valence-corrected chi connectivity index (χ2v) is 8.26. The van der Waals surface area contributed by atoms with Crippen LogP contribution < -0.4 is 5.56 Å². The van der Waals surface area contributed by atoms with Crippen molar-refractivity contribution in [3.8, 4) is 0 Å². The van der Waals surface area contributed by atoms with Crippen LogP contribution in [0.25, 0.3) is 5.65 Å². The van der Waals surface area contributed by atoms with Gasteiger partial charge in [0.25, 0.3) is 11.5 Å². The number of hydrogen-bond acceptors (Lipinski definition) is 4. The van der Waals surface area contributed by atoms with Crippen LogP contribution in [0.15, 0.2) is 41.3 Å². The summed E-state index contributed by atoms with van der Waals surface area (Å²) in [4.78, 5) is 31.8. The molecule has 7 nitrogen and oxygen atoms in total. The molecule has 1 amide bonds. The molecule has 5 rings (SSSR count). The van der Waals surface area contributed by atoms with E-state index in [1.807, 2.05) is 46.7 Å². The lowest BCUT2D eigenvalue weighted by Crippen LogP contribution is -2.41. The third-order valence-electron chi connectivity index (χ3n) is 6.12. The maximum absolute atomic E-state index is 13.1. The average molecular weight is 391 g/mol. The van der Waals surface area contributed by atoms with Gasteiger partial charge in [0.15, 0.2) is 0 Å². The number of piperidine rings is 1. The largest absolute Gasteiger partial charge is 0.337 e. The van der Waals surface area contributed by atoms with Gasteiger partial charge in [-0.05, 0) is 56.7 Å². The molecule has 2 fully saturated rings. The lowest BCUT2D eigenvalue weighted by atomic mass is 9.96. The second kappa shape index (κ2) is 7.13. The maximum Gasteiger partial charge on any atom is 0.272 e. The molecule has 3 aromatic rings. The smallest absolute Gasteiger partial charge is 0.272 e. The zero-order valence-corrected chi connectivity index (χ0v) is 16.6. The first kappa shape index (κ1) is 18.1. The molecule has 1 aliphatic heterocycles. The zero-order chi connectivity index (χ0) is 20.0. The number of aryl methyl sites for hydroxylation is 1. The minimum Gasteiger partial charge on any atom is -0.337 e. The van der Waals surface area contributed by atoms with Crippen molar-refractivity contribution in [1.29, 1.82) is 0 Å². The molecule has 0 atom stereocenters. The molecule has 3 aromatic heterocycles. The average Bonchev–Trinajstić information content (AvgIpc) is 3.52. The van der Waals surface area contributed by atoms with Crippen molar-refractivity contribution in [2.75, 3.05) is 13.1 Å². The van der Waals surface area contributed by atoms with Gasteiger partial charge in [0.05, 0.1) is 11.4 Å². The highest BCUT2D eigenvalue weighted by Crippen LogP contribution is 2.38. The van der Waals surface area contributed by atoms with E-state index >= 15 is 0 Å². The normalized spacial score (nSPS) is 17.8. The van der Waals surface area contributed by atoms with Gasteiger partial charge in [0.1, 0.15) is 11.3 Å². The van der Waals surface area contributed by atoms with Crippen molar-refractivity contribution in [3.05, 3.63) is 64.0 Å². The molecule has 1 saturated carbocycles. The molecular formula is C22H25N5O2. The summed E-state index contributed by atoms with van der Waals surface area (Å²) in [5.41, 5.74) is 3.21. The van der Waals surface area contributed by atoms with Crippen LogP contribution in [0.5, 0.6) is 0 Å². The number of likely N-dealkylation sites (tertiary alicyclic amines) is 1. The van der Waals surface area contributed by atoms with Gasteiger partial charge in [0, 0.05) is 37.8 Å². The fourth-order valence-electron chi connectivity index (χ4n) is 4.28. The van der Waals surface area contributed by atoms with Crippen molar-refractivity contribution in [1.82, 2.24) is 24.1 Å². The molecule has 1 saturated heterocycles. The molecule has 29 heavy (non-hydrogen) atoms. The molecule has 0 bridgehead atoms. The van der Waals surface area contributed by atoms with E-state index in [-0.39, 0.29) is 11.5 Å². The summed E-state index contributed by atoms with van der Waals surface area (Å²) in [6.07, 6.45) is 6.00. The third kappa shape index (κ3) is 3.45. The van der Waals surface area contributed by atoms with Gasteiger partial charge < -0.3 is 4.90 Å². The van der Waals surface area contributed by atoms with E-state index in [4.69, 9.17) is 0 Å². The minimum atomic E-state index is -0.0331. The fraction of sp³-hybridized carbons (Fsp3) is 0.455. The molecule has 0 radical (unpaired) electrons. The second-order valence-electron chi connectivity index (χ2n) is 8.26. The molecule has 0 unspecified atom stereocenters. The van der Waals surface area contributed by atoms with E-state index in [1.54, 1.807) is 10.7 Å². The summed E-state index contributed by atoms with van der Waals surface area (Å²) in [6, 6.07) is 9.27. The van der Waals surface area contributed by atoms with Gasteiger partial charge in [-0.25, -0.2) is 9.67 Å². The molecule has 1 aliphatic carbocycles. The predicted molar refractivity (Wildman–Crippen MR) is 109 cm³/mol. The Kier molecular flexibility index (Phi) is 4.45. The monoisotopic (exact) mass is 391 g/mol. The highest BCUT2D eigenvalue weighted by atomic mass is 16.2. The highest BCUT2D eigenvalue weighted by molar-refractivity contribution is 5.94. The van der Waals surface area contributed by atoms with Gasteiger partial charge in [-0.2, -0.15) is 5.10 Å². The van der Waals surface area contributed by atoms with Crippen molar-refractivity contribution >= 4 is 11.6 Å². The Morgan fingerprint density at radius 3 is 2.66 bits per heavy atom. The van der Waals surface area contributed by atoms with E-state index < -0.39 is 0 Å². The van der Waals surface area contributed by atoms with Crippen molar-refractivity contribution in [3.63, 3.8) is 0 Å². The summed E-state index contributed by atoms with van der Waals surface area (Å²) in [6.45, 7) is 3.91. The third-order valence-corrected chi connectivity index (χ3v) is 6.12. The topological polar surface area (TPSA) is 72.5 Å². The summed E-state index contributed by atoms with van der Waals surface area (Å²) >= 11 is 0. The lowest BCUT2D eigenvalue weighted by molar-refractivity contribution is 0.0672. The molecule has 0 N–H and O–H groups in total. The Balaban J connectivity index is 1.27. The Labute approximate surface area is 169 Å². The number of hydrogen-bond donors (Lipinski definition) is 0. The number of rotatable bonds is 4. The minimum absolute atomic E-state index is 0.0330. The summed E-state index contributed by atoms with van der Waals surface area (Å²) < 4.78 is 3.50. The molecule has 4 heterocycles. The van der Waals surface area contributed by atoms with Gasteiger partial charge in [0.2, 0.25) is 0 Å². The van der Waals surface area contributed by atoms with Gasteiger partial charge in [-0.3, -0.25) is 14.0 Å². The molecular weight excluding hydrogens is 366 g/mol. The van der Waals surface area contributed by atoms with Crippen LogP contribution in [0.3, 0.4) is 0 Å². The number of pyridine rings is 1. The Morgan fingerprint density at radius 2 is 1.90 bits per heavy atom. The van der Waals surface area contributed by atoms with Gasteiger partial charge >= 0.3 is 0 Å². The molecule has 0 spiro atoms. The van der Waals surface area contributed by atoms with Crippen LogP contribution in [0.4, 0.5) is 0 Å². The first-order valence-electron chi connectivity index (χ1n) is 10.4. The SMILES string of the molecule is Cc1nc2ccccn2c1C(=O)N1CCC(Cn2nc(C3CC3)ccc2=O)CC1. The number of aromatic nitrogens is 4. The van der Waals surface area contributed by atoms with Gasteiger partial charge in [-0.1, -0.05) is 6.07 Å². The van der Waals surface area contributed by atoms with Crippen LogP contribution in [0, 0.1) is 12.8 Å². The fourth-order valence-corrected chi connectivity index (χ4v) is 4.28. The van der Waals surface area contributed by atoms with E-state index in [0.29, 0.717) is 37.2 Å². The Morgan fingerprint density at radius 1 is 1.10 bits per heavy atom. The first-order valence-corrected chi connectivity index (χ1v) is 10.4. The van der Waals surface area contributed by atoms with E-state index in [9.17, 15) is 9.59 Å². The maximum atomic E-state index is 13.1. The molecule has 2 aliphatic rings. The van der Waals surface area contributed by atoms with E-state index in [2.05, 4.69) is 10.1 Å². The van der Waals surface area contributed by atoms with Crippen LogP contribution in [0.2, 0.25) is 0 Å². The van der Waals surface area contributed by atoms with Gasteiger partial charge in [-0.15, -0.1) is 0 Å². The number of carbonyl (C=O) groups is 1. The highest BCUT2D eigenvalue weighted by Gasteiger charge is 2.28. The van der Waals surface area contributed by atoms with E-state index in [1.165, 1.54) is 12.8 Å². The quantitative estimate of drug-likeness (QED) is 0.685. The summed E-state index contributed by atoms with van der Waals surface area (Å²) in [7, 11) is 0. The number of imidazole rings is 1. The van der Waals surface area contributed by atoms with Crippen LogP contribution >= 0.6 is 0 Å². The molecule has 150 valence electrons. The Hall–Kier alpha value is -2.96. The zero-order valence-electron chi connectivity index (χ0n) is 16.6. The molecule has 7 heteroatoms. The van der Waals surface area contributed by atoms with Crippen molar-refractivity contribution in [2.45, 2.75) is 45.1 Å². The standard InChI is InChI=1S/C22H25N5O2/c1-15-21(26-11-3-2-4-19(26)23-15)22(29)25-12-9-16(10-13-25)14-27-20(28)8-7-18(24-27)17-5-6-17/h2-4,7-8,11,16-17H,5-6,9-10,12-14H2,1H3. The van der Waals surface area contributed by atoms with Crippen LogP contribution in [-0.2, 0) is 6.54 Å². The summed E-state index contributed by atoms with van der Waals surface area (Å²) in [5, 5.41) is 4.58. The van der Waals surface area contributed by atoms with Crippen LogP contribution in [0.1, 0.15) is 53.5 Å². The number of fused-ring (bicyclic) bond motifs is 1. The summed E-state index contributed by atoms with van der Waals surface area (Å²) in [5.74, 6) is 0.933. The lowest BCUT2D eigenvalue weighted by Gasteiger charge is -2.32. The van der Waals surface area contributed by atoms with Crippen molar-refractivity contribution in [2.24, 2.45) is 5.92 Å². The molecule has 0 aromatic carbocycles. The number of amides is 1. The number of nitrogens with zero attached hydrogens (tertiary/aromatic N) is 5. The first-order chi connectivity index (χ1) is 14.1. The van der Waals surface area contributed by atoms with Crippen molar-refractivity contribution < 1.29 is 4.79 Å². The van der Waals surface area contributed by atoms with Crippen LogP contribution in [-0.4, -0.2) is 43.1 Å². The Bertz CT molecular complexity index is 1120. The number of carbonyl (C=O) groups excluding carboxylic acids is 1. The predicted octanol–water partition coefficient (Wildman–Crippen LogP) is 2.63.